The van der Waals surface area contributed by atoms with E-state index < -0.39 is 6.23 Å². The number of aliphatic hydroxyl groups excluding tert-OH is 1. The average molecular weight is 420 g/mol. The van der Waals surface area contributed by atoms with Crippen molar-refractivity contribution in [2.24, 2.45) is 5.92 Å². The fourth-order valence-corrected chi connectivity index (χ4v) is 4.61. The van der Waals surface area contributed by atoms with Gasteiger partial charge in [-0.1, -0.05) is 51.0 Å². The highest BCUT2D eigenvalue weighted by atomic mass is 32.2. The molecule has 0 aromatic heterocycles. The van der Waals surface area contributed by atoms with Crippen molar-refractivity contribution in [1.82, 2.24) is 5.32 Å². The summed E-state index contributed by atoms with van der Waals surface area (Å²) < 4.78 is 10.8. The quantitative estimate of drug-likeness (QED) is 0.356. The molecule has 2 N–H and O–H groups in total. The summed E-state index contributed by atoms with van der Waals surface area (Å²) in [5.41, 5.74) is 0.743. The Hall–Kier alpha value is -1.99. The van der Waals surface area contributed by atoms with Gasteiger partial charge in [-0.3, -0.25) is 9.59 Å². The van der Waals surface area contributed by atoms with Crippen LogP contribution in [0, 0.1) is 5.92 Å². The van der Waals surface area contributed by atoms with Crippen LogP contribution < -0.4 is 14.8 Å². The first-order valence-electron chi connectivity index (χ1n) is 10.3. The number of nitrogens with one attached hydrogen (secondary N) is 1. The predicted molar refractivity (Wildman–Crippen MR) is 114 cm³/mol. The van der Waals surface area contributed by atoms with Crippen molar-refractivity contribution in [3.63, 3.8) is 0 Å². The maximum absolute atomic E-state index is 12.2. The highest BCUT2D eigenvalue weighted by Gasteiger charge is 2.25. The van der Waals surface area contributed by atoms with Crippen LogP contribution in [0.2, 0.25) is 0 Å². The van der Waals surface area contributed by atoms with Gasteiger partial charge in [-0.05, 0) is 47.9 Å². The zero-order valence-corrected chi connectivity index (χ0v) is 17.6. The van der Waals surface area contributed by atoms with Crippen LogP contribution in [-0.2, 0) is 4.79 Å². The van der Waals surface area contributed by atoms with Crippen LogP contribution in [-0.4, -0.2) is 29.7 Å². The predicted octanol–water partition coefficient (Wildman–Crippen LogP) is 4.86. The summed E-state index contributed by atoms with van der Waals surface area (Å²) in [6.45, 7) is 0. The summed E-state index contributed by atoms with van der Waals surface area (Å²) >= 11 is 0.953. The van der Waals surface area contributed by atoms with Gasteiger partial charge in [-0.2, -0.15) is 0 Å². The molecule has 1 saturated heterocycles. The van der Waals surface area contributed by atoms with Gasteiger partial charge in [0.15, 0.2) is 17.7 Å². The number of ether oxygens (including phenoxy) is 2. The fraction of sp³-hybridized carbons (Fsp3) is 0.545. The van der Waals surface area contributed by atoms with Gasteiger partial charge < -0.3 is 19.9 Å². The molecular weight excluding hydrogens is 390 g/mol. The molecule has 1 unspecified atom stereocenters. The molecule has 1 aliphatic heterocycles. The number of hydrogen-bond acceptors (Lipinski definition) is 6. The Morgan fingerprint density at radius 2 is 2.03 bits per heavy atom. The van der Waals surface area contributed by atoms with E-state index in [1.807, 2.05) is 0 Å². The molecule has 3 rings (SSSR count). The topological polar surface area (TPSA) is 84.9 Å². The highest BCUT2D eigenvalue weighted by Crippen LogP contribution is 2.33. The third-order valence-electron chi connectivity index (χ3n) is 5.42. The first kappa shape index (κ1) is 21.7. The van der Waals surface area contributed by atoms with Crippen molar-refractivity contribution in [3.8, 4) is 11.5 Å². The number of benzene rings is 1. The summed E-state index contributed by atoms with van der Waals surface area (Å²) in [7, 11) is 1.51. The Balaban J connectivity index is 1.50. The lowest BCUT2D eigenvalue weighted by molar-refractivity contribution is -0.134. The first-order chi connectivity index (χ1) is 14.0. The number of aliphatic hydroxyl groups is 1. The van der Waals surface area contributed by atoms with E-state index in [0.29, 0.717) is 22.8 Å². The van der Waals surface area contributed by atoms with Gasteiger partial charge in [0.05, 0.1) is 7.11 Å². The van der Waals surface area contributed by atoms with Crippen molar-refractivity contribution >= 4 is 29.0 Å². The molecule has 1 aliphatic carbocycles. The Morgan fingerprint density at radius 3 is 2.72 bits per heavy atom. The molecule has 1 atom stereocenters. The molecule has 2 fully saturated rings. The molecule has 1 aromatic rings. The number of esters is 1. The maximum atomic E-state index is 12.2. The zero-order chi connectivity index (χ0) is 20.6. The second kappa shape index (κ2) is 10.7. The molecule has 158 valence electrons. The third kappa shape index (κ3) is 6.51. The number of rotatable bonds is 8. The van der Waals surface area contributed by atoms with Gasteiger partial charge in [0.1, 0.15) is 0 Å². The van der Waals surface area contributed by atoms with Crippen molar-refractivity contribution in [2.75, 3.05) is 7.11 Å². The number of methoxy groups -OCH3 is 1. The second-order valence-electron chi connectivity index (χ2n) is 7.62. The zero-order valence-electron chi connectivity index (χ0n) is 16.8. The monoisotopic (exact) mass is 419 g/mol. The molecule has 29 heavy (non-hydrogen) atoms. The van der Waals surface area contributed by atoms with E-state index in [-0.39, 0.29) is 11.2 Å². The number of unbranched alkanes of at least 4 members (excludes halogenated alkanes) is 1. The molecule has 0 radical (unpaired) electrons. The smallest absolute Gasteiger partial charge is 0.311 e. The molecule has 1 amide bonds. The molecule has 6 nitrogen and oxygen atoms in total. The number of hydrogen-bond donors (Lipinski definition) is 2. The van der Waals surface area contributed by atoms with Gasteiger partial charge >= 0.3 is 5.97 Å². The molecule has 1 aromatic carbocycles. The summed E-state index contributed by atoms with van der Waals surface area (Å²) in [4.78, 5) is 24.0. The summed E-state index contributed by atoms with van der Waals surface area (Å²) in [6.07, 6.45) is 11.0. The molecule has 0 bridgehead atoms. The standard InChI is InChI=1S/C22H29NO5S/c1-27-18-13-16(14-19-21(25)23-22(26)29-19)11-12-17(18)28-20(24)10-6-5-9-15-7-3-2-4-8-15/h11-15,21,25H,2-10H2,1H3,(H,23,26)/b19-14-. The average Bonchev–Trinajstić information content (AvgIpc) is 3.04. The Kier molecular flexibility index (Phi) is 8.00. The molecule has 7 heteroatoms. The van der Waals surface area contributed by atoms with E-state index in [0.717, 1.165) is 36.1 Å². The van der Waals surface area contributed by atoms with Crippen molar-refractivity contribution < 1.29 is 24.2 Å². The van der Waals surface area contributed by atoms with Crippen molar-refractivity contribution in [1.29, 1.82) is 0 Å². The highest BCUT2D eigenvalue weighted by molar-refractivity contribution is 8.17. The minimum absolute atomic E-state index is 0.255. The number of carbonyl (C=O) groups is 2. The Morgan fingerprint density at radius 1 is 1.24 bits per heavy atom. The lowest BCUT2D eigenvalue weighted by Crippen LogP contribution is -2.24. The fourth-order valence-electron chi connectivity index (χ4n) is 3.86. The lowest BCUT2D eigenvalue weighted by Gasteiger charge is -2.21. The van der Waals surface area contributed by atoms with Gasteiger partial charge in [0.25, 0.3) is 5.24 Å². The maximum Gasteiger partial charge on any atom is 0.311 e. The van der Waals surface area contributed by atoms with E-state index in [9.17, 15) is 14.7 Å². The van der Waals surface area contributed by atoms with Crippen LogP contribution in [0.15, 0.2) is 23.1 Å². The van der Waals surface area contributed by atoms with Crippen molar-refractivity contribution in [3.05, 3.63) is 28.7 Å². The number of carbonyl (C=O) groups excluding carboxylic acids is 2. The minimum Gasteiger partial charge on any atom is -0.493 e. The van der Waals surface area contributed by atoms with Crippen molar-refractivity contribution in [2.45, 2.75) is 64.0 Å². The second-order valence-corrected chi connectivity index (χ2v) is 8.66. The Labute approximate surface area is 176 Å². The largest absolute Gasteiger partial charge is 0.493 e. The number of amides is 1. The molecule has 0 spiro atoms. The first-order valence-corrected chi connectivity index (χ1v) is 11.1. The lowest BCUT2D eigenvalue weighted by atomic mass is 9.86. The summed E-state index contributed by atoms with van der Waals surface area (Å²) in [6, 6.07) is 5.15. The van der Waals surface area contributed by atoms with Gasteiger partial charge in [0, 0.05) is 11.3 Å². The van der Waals surface area contributed by atoms with E-state index in [1.54, 1.807) is 24.3 Å². The van der Waals surface area contributed by atoms with E-state index in [4.69, 9.17) is 9.47 Å². The van der Waals surface area contributed by atoms with Crippen LogP contribution >= 0.6 is 11.8 Å². The summed E-state index contributed by atoms with van der Waals surface area (Å²) in [5.74, 6) is 1.39. The third-order valence-corrected chi connectivity index (χ3v) is 6.30. The van der Waals surface area contributed by atoms with Crippen LogP contribution in [0.3, 0.4) is 0 Å². The van der Waals surface area contributed by atoms with E-state index in [1.165, 1.54) is 45.6 Å². The molecule has 1 saturated carbocycles. The SMILES string of the molecule is COc1cc(/C=C2\SC(=O)NC2O)ccc1OC(=O)CCCCC1CCCCC1. The number of thioether (sulfide) groups is 1. The molecule has 1 heterocycles. The summed E-state index contributed by atoms with van der Waals surface area (Å²) in [5, 5.41) is 11.9. The van der Waals surface area contributed by atoms with Gasteiger partial charge in [-0.15, -0.1) is 0 Å². The molecular formula is C22H29NO5S. The van der Waals surface area contributed by atoms with Crippen LogP contribution in [0.4, 0.5) is 4.79 Å². The van der Waals surface area contributed by atoms with E-state index in [2.05, 4.69) is 5.32 Å². The normalized spacial score (nSPS) is 21.2. The van der Waals surface area contributed by atoms with Crippen LogP contribution in [0.1, 0.15) is 63.4 Å². The Bertz CT molecular complexity index is 758. The van der Waals surface area contributed by atoms with Crippen LogP contribution in [0.5, 0.6) is 11.5 Å². The molecule has 2 aliphatic rings. The minimum atomic E-state index is -0.996. The van der Waals surface area contributed by atoms with E-state index >= 15 is 0 Å². The van der Waals surface area contributed by atoms with Gasteiger partial charge in [-0.25, -0.2) is 0 Å². The van der Waals surface area contributed by atoms with Gasteiger partial charge in [0.2, 0.25) is 0 Å². The van der Waals surface area contributed by atoms with Crippen LogP contribution in [0.25, 0.3) is 6.08 Å².